The van der Waals surface area contributed by atoms with Crippen molar-refractivity contribution in [1.82, 2.24) is 0 Å². The molecule has 0 aromatic carbocycles. The molecule has 0 aromatic rings. The lowest BCUT2D eigenvalue weighted by atomic mass is 9.98. The molecule has 0 fully saturated rings. The summed E-state index contributed by atoms with van der Waals surface area (Å²) < 4.78 is 0. The fourth-order valence-electron chi connectivity index (χ4n) is 1.10. The molecular weight excluding hydrogens is 172 g/mol. The van der Waals surface area contributed by atoms with Crippen LogP contribution in [0.15, 0.2) is 12.7 Å². The van der Waals surface area contributed by atoms with Gasteiger partial charge in [0.25, 0.3) is 0 Å². The van der Waals surface area contributed by atoms with Crippen LogP contribution in [0.2, 0.25) is 0 Å². The van der Waals surface area contributed by atoms with Gasteiger partial charge in [0.2, 0.25) is 0 Å². The van der Waals surface area contributed by atoms with Crippen molar-refractivity contribution in [3.8, 4) is 0 Å². The summed E-state index contributed by atoms with van der Waals surface area (Å²) in [5.74, 6) is 1.02. The average molecular weight is 191 g/mol. The van der Waals surface area contributed by atoms with Crippen LogP contribution in [0.5, 0.6) is 0 Å². The standard InChI is InChI=1S/C10H19ClO/c1-3-4-5-9(2)6-7-10(12)8-11/h3,9-10,12H,1,4-8H2,2H3/t9-,10-/m0/s1. The van der Waals surface area contributed by atoms with E-state index < -0.39 is 0 Å². The topological polar surface area (TPSA) is 20.2 Å². The molecule has 1 nitrogen and oxygen atoms in total. The van der Waals surface area contributed by atoms with Crippen molar-refractivity contribution in [2.24, 2.45) is 5.92 Å². The predicted molar refractivity (Wildman–Crippen MR) is 54.6 cm³/mol. The van der Waals surface area contributed by atoms with Crippen LogP contribution in [-0.4, -0.2) is 17.1 Å². The highest BCUT2D eigenvalue weighted by molar-refractivity contribution is 6.18. The van der Waals surface area contributed by atoms with E-state index in [1.807, 2.05) is 6.08 Å². The predicted octanol–water partition coefficient (Wildman–Crippen LogP) is 2.97. The highest BCUT2D eigenvalue weighted by atomic mass is 35.5. The summed E-state index contributed by atoms with van der Waals surface area (Å²) in [6, 6.07) is 0. The highest BCUT2D eigenvalue weighted by Gasteiger charge is 2.05. The molecule has 2 heteroatoms. The maximum Gasteiger partial charge on any atom is 0.0675 e. The SMILES string of the molecule is C=CCC[C@H](C)CC[C@H](O)CCl. The molecule has 0 rings (SSSR count). The van der Waals surface area contributed by atoms with Crippen molar-refractivity contribution in [1.29, 1.82) is 0 Å². The van der Waals surface area contributed by atoms with Gasteiger partial charge in [-0.2, -0.15) is 0 Å². The average Bonchev–Trinajstić information content (AvgIpc) is 2.10. The van der Waals surface area contributed by atoms with Crippen molar-refractivity contribution in [2.75, 3.05) is 5.88 Å². The van der Waals surface area contributed by atoms with Crippen LogP contribution in [0.4, 0.5) is 0 Å². The molecule has 0 saturated carbocycles. The lowest BCUT2D eigenvalue weighted by Gasteiger charge is -2.11. The maximum absolute atomic E-state index is 9.18. The van der Waals surface area contributed by atoms with Gasteiger partial charge in [0.15, 0.2) is 0 Å². The molecule has 0 amide bonds. The number of rotatable bonds is 7. The number of alkyl halides is 1. The summed E-state index contributed by atoms with van der Waals surface area (Å²) in [4.78, 5) is 0. The molecule has 72 valence electrons. The van der Waals surface area contributed by atoms with Gasteiger partial charge >= 0.3 is 0 Å². The van der Waals surface area contributed by atoms with Gasteiger partial charge in [-0.05, 0) is 31.6 Å². The quantitative estimate of drug-likeness (QED) is 0.484. The Morgan fingerprint density at radius 2 is 2.08 bits per heavy atom. The summed E-state index contributed by atoms with van der Waals surface area (Å²) in [5.41, 5.74) is 0. The van der Waals surface area contributed by atoms with Gasteiger partial charge in [-0.1, -0.05) is 13.0 Å². The molecule has 0 aliphatic heterocycles. The van der Waals surface area contributed by atoms with Crippen LogP contribution in [0.1, 0.15) is 32.6 Å². The van der Waals surface area contributed by atoms with Gasteiger partial charge in [-0.15, -0.1) is 18.2 Å². The molecule has 0 radical (unpaired) electrons. The van der Waals surface area contributed by atoms with Crippen LogP contribution >= 0.6 is 11.6 Å². The molecule has 1 N–H and O–H groups in total. The minimum atomic E-state index is -0.321. The number of hydrogen-bond donors (Lipinski definition) is 1. The highest BCUT2D eigenvalue weighted by Crippen LogP contribution is 2.14. The fraction of sp³-hybridized carbons (Fsp3) is 0.800. The number of aliphatic hydroxyl groups excluding tert-OH is 1. The van der Waals surface area contributed by atoms with E-state index in [2.05, 4.69) is 13.5 Å². The van der Waals surface area contributed by atoms with Gasteiger partial charge in [-0.3, -0.25) is 0 Å². The summed E-state index contributed by atoms with van der Waals surface area (Å²) >= 11 is 5.47. The Bertz CT molecular complexity index is 114. The van der Waals surface area contributed by atoms with Crippen LogP contribution < -0.4 is 0 Å². The second-order valence-electron chi connectivity index (χ2n) is 3.36. The first-order chi connectivity index (χ1) is 5.70. The minimum absolute atomic E-state index is 0.321. The van der Waals surface area contributed by atoms with Crippen LogP contribution in [0, 0.1) is 5.92 Å². The lowest BCUT2D eigenvalue weighted by Crippen LogP contribution is -2.09. The Labute approximate surface area is 80.4 Å². The number of halogens is 1. The van der Waals surface area contributed by atoms with E-state index in [0.717, 1.165) is 19.3 Å². The second kappa shape index (κ2) is 7.63. The van der Waals surface area contributed by atoms with E-state index in [-0.39, 0.29) is 6.10 Å². The number of aliphatic hydroxyl groups is 1. The molecule has 12 heavy (non-hydrogen) atoms. The van der Waals surface area contributed by atoms with Crippen molar-refractivity contribution in [3.05, 3.63) is 12.7 Å². The molecule has 0 aliphatic rings. The maximum atomic E-state index is 9.18. The molecule has 0 saturated heterocycles. The van der Waals surface area contributed by atoms with Gasteiger partial charge < -0.3 is 5.11 Å². The summed E-state index contributed by atoms with van der Waals surface area (Å²) in [5, 5.41) is 9.18. The van der Waals surface area contributed by atoms with Crippen molar-refractivity contribution in [3.63, 3.8) is 0 Å². The van der Waals surface area contributed by atoms with Gasteiger partial charge in [-0.25, -0.2) is 0 Å². The zero-order chi connectivity index (χ0) is 9.40. The Kier molecular flexibility index (Phi) is 7.62. The van der Waals surface area contributed by atoms with E-state index in [9.17, 15) is 5.11 Å². The van der Waals surface area contributed by atoms with Crippen LogP contribution in [0.3, 0.4) is 0 Å². The first-order valence-corrected chi connectivity index (χ1v) is 5.09. The fourth-order valence-corrected chi connectivity index (χ4v) is 1.26. The van der Waals surface area contributed by atoms with Crippen molar-refractivity contribution in [2.45, 2.75) is 38.7 Å². The Hall–Kier alpha value is -0.0100. The largest absolute Gasteiger partial charge is 0.392 e. The van der Waals surface area contributed by atoms with E-state index in [4.69, 9.17) is 11.6 Å². The smallest absolute Gasteiger partial charge is 0.0675 e. The van der Waals surface area contributed by atoms with E-state index >= 15 is 0 Å². The summed E-state index contributed by atoms with van der Waals surface area (Å²) in [7, 11) is 0. The van der Waals surface area contributed by atoms with Gasteiger partial charge in [0.05, 0.1) is 6.10 Å². The van der Waals surface area contributed by atoms with Crippen molar-refractivity contribution >= 4 is 11.6 Å². The molecule has 0 spiro atoms. The molecule has 0 unspecified atom stereocenters. The Morgan fingerprint density at radius 3 is 2.58 bits per heavy atom. The summed E-state index contributed by atoms with van der Waals surface area (Å²) in [6.07, 6.45) is 5.73. The van der Waals surface area contributed by atoms with E-state index in [1.54, 1.807) is 0 Å². The van der Waals surface area contributed by atoms with Crippen LogP contribution in [0.25, 0.3) is 0 Å². The van der Waals surface area contributed by atoms with E-state index in [1.165, 1.54) is 6.42 Å². The first-order valence-electron chi connectivity index (χ1n) is 4.55. The zero-order valence-electron chi connectivity index (χ0n) is 7.80. The van der Waals surface area contributed by atoms with Gasteiger partial charge in [0, 0.05) is 5.88 Å². The Balaban J connectivity index is 3.29. The van der Waals surface area contributed by atoms with Gasteiger partial charge in [0.1, 0.15) is 0 Å². The third-order valence-corrected chi connectivity index (χ3v) is 2.39. The second-order valence-corrected chi connectivity index (χ2v) is 3.67. The lowest BCUT2D eigenvalue weighted by molar-refractivity contribution is 0.177. The van der Waals surface area contributed by atoms with Crippen molar-refractivity contribution < 1.29 is 5.11 Å². The minimum Gasteiger partial charge on any atom is -0.392 e. The molecule has 0 heterocycles. The zero-order valence-corrected chi connectivity index (χ0v) is 8.56. The molecular formula is C10H19ClO. The van der Waals surface area contributed by atoms with Crippen LogP contribution in [-0.2, 0) is 0 Å². The molecule has 0 aromatic heterocycles. The normalized spacial score (nSPS) is 15.6. The summed E-state index contributed by atoms with van der Waals surface area (Å²) in [6.45, 7) is 5.87. The number of allylic oxidation sites excluding steroid dienone is 1. The third-order valence-electron chi connectivity index (χ3n) is 2.03. The first kappa shape index (κ1) is 12.0. The third kappa shape index (κ3) is 6.68. The van der Waals surface area contributed by atoms with E-state index in [0.29, 0.717) is 11.8 Å². The Morgan fingerprint density at radius 1 is 1.42 bits per heavy atom. The number of hydrogen-bond acceptors (Lipinski definition) is 1. The monoisotopic (exact) mass is 190 g/mol. The molecule has 0 bridgehead atoms. The molecule has 2 atom stereocenters. The molecule has 0 aliphatic carbocycles.